The van der Waals surface area contributed by atoms with Gasteiger partial charge >= 0.3 is 5.97 Å². The normalized spacial score (nSPS) is 12.1. The quantitative estimate of drug-likeness (QED) is 0.100. The first kappa shape index (κ1) is 28.5. The maximum absolute atomic E-state index is 13.2. The largest absolute Gasteiger partial charge is 0.481 e. The first-order valence-corrected chi connectivity index (χ1v) is 11.3. The number of carbonyl (C=O) groups is 5. The Bertz CT molecular complexity index is 1210. The standard InChI is InChI=1S/C23H30N8O6/c1-12(32)29-17(7-4-10-27-23(25)26)22(37)31-19-13-5-2-3-6-15(13)28-11-14(19)21(36)30-16(20(24)35)8-9-18(33)34/h2-3,5-6,11,16-17H,4,7-10H2,1H3,(H2,24,35)(H,29,32)(H,30,36)(H,33,34)(H4,25,26,27)(H,28,31,37)/t16-,17+/m0/s1. The second-order valence-electron chi connectivity index (χ2n) is 8.12. The Kier molecular flexibility index (Phi) is 10.3. The second kappa shape index (κ2) is 13.4. The molecule has 2 aromatic rings. The molecule has 0 unspecified atom stereocenters. The zero-order valence-corrected chi connectivity index (χ0v) is 20.2. The number of carbonyl (C=O) groups excluding carboxylic acids is 4. The molecular formula is C23H30N8O6. The molecule has 4 amide bonds. The van der Waals surface area contributed by atoms with E-state index in [1.54, 1.807) is 24.3 Å². The number of anilines is 1. The summed E-state index contributed by atoms with van der Waals surface area (Å²) in [6.45, 7) is 1.50. The number of pyridine rings is 1. The third-order valence-corrected chi connectivity index (χ3v) is 5.20. The van der Waals surface area contributed by atoms with Crippen LogP contribution in [0.4, 0.5) is 5.69 Å². The Morgan fingerprint density at radius 3 is 2.35 bits per heavy atom. The summed E-state index contributed by atoms with van der Waals surface area (Å²) in [5, 5.41) is 17.0. The lowest BCUT2D eigenvalue weighted by molar-refractivity contribution is -0.137. The average Bonchev–Trinajstić information content (AvgIpc) is 2.82. The number of hydrogen-bond acceptors (Lipinski definition) is 7. The molecule has 37 heavy (non-hydrogen) atoms. The van der Waals surface area contributed by atoms with Gasteiger partial charge in [-0.1, -0.05) is 18.2 Å². The van der Waals surface area contributed by atoms with Crippen LogP contribution in [0.15, 0.2) is 35.5 Å². The monoisotopic (exact) mass is 514 g/mol. The minimum Gasteiger partial charge on any atom is -0.481 e. The van der Waals surface area contributed by atoms with E-state index in [1.165, 1.54) is 13.1 Å². The number of fused-ring (bicyclic) bond motifs is 1. The molecule has 0 bridgehead atoms. The van der Waals surface area contributed by atoms with Crippen molar-refractivity contribution >= 4 is 52.1 Å². The molecule has 0 saturated carbocycles. The SMILES string of the molecule is CC(=O)N[C@H](CCCN=C(N)N)C(=O)Nc1c(C(=O)N[C@@H](CCC(=O)O)C(N)=O)cnc2ccccc12. The number of para-hydroxylation sites is 1. The molecule has 10 N–H and O–H groups in total. The van der Waals surface area contributed by atoms with Gasteiger partial charge in [-0.25, -0.2) is 0 Å². The number of aliphatic imine (C=N–C) groups is 1. The number of guanidine groups is 1. The van der Waals surface area contributed by atoms with Crippen LogP contribution in [0.1, 0.15) is 43.0 Å². The van der Waals surface area contributed by atoms with Gasteiger partial charge in [-0.05, 0) is 25.3 Å². The molecule has 1 aromatic carbocycles. The molecule has 0 aliphatic rings. The Morgan fingerprint density at radius 1 is 1.03 bits per heavy atom. The van der Waals surface area contributed by atoms with Gasteiger partial charge < -0.3 is 38.3 Å². The molecule has 0 spiro atoms. The summed E-state index contributed by atoms with van der Waals surface area (Å²) in [6, 6.07) is 4.48. The van der Waals surface area contributed by atoms with Crippen molar-refractivity contribution in [2.24, 2.45) is 22.2 Å². The molecular weight excluding hydrogens is 484 g/mol. The third kappa shape index (κ3) is 8.76. The van der Waals surface area contributed by atoms with E-state index in [-0.39, 0.29) is 36.6 Å². The number of nitrogens with zero attached hydrogens (tertiary/aromatic N) is 2. The number of aliphatic carboxylic acids is 1. The summed E-state index contributed by atoms with van der Waals surface area (Å²) in [6.07, 6.45) is 1.18. The highest BCUT2D eigenvalue weighted by Gasteiger charge is 2.26. The van der Waals surface area contributed by atoms with Gasteiger partial charge in [-0.3, -0.25) is 33.9 Å². The zero-order chi connectivity index (χ0) is 27.5. The smallest absolute Gasteiger partial charge is 0.303 e. The molecule has 2 atom stereocenters. The highest BCUT2D eigenvalue weighted by Crippen LogP contribution is 2.26. The highest BCUT2D eigenvalue weighted by molar-refractivity contribution is 6.13. The molecule has 14 nitrogen and oxygen atoms in total. The number of aromatic nitrogens is 1. The Morgan fingerprint density at radius 2 is 1.73 bits per heavy atom. The number of nitrogens with two attached hydrogens (primary N) is 3. The third-order valence-electron chi connectivity index (χ3n) is 5.20. The number of hydrogen-bond donors (Lipinski definition) is 7. The van der Waals surface area contributed by atoms with Gasteiger partial charge in [-0.15, -0.1) is 0 Å². The van der Waals surface area contributed by atoms with Crippen LogP contribution in [0.2, 0.25) is 0 Å². The van der Waals surface area contributed by atoms with Crippen LogP contribution >= 0.6 is 0 Å². The van der Waals surface area contributed by atoms with Gasteiger partial charge in [0, 0.05) is 31.5 Å². The van der Waals surface area contributed by atoms with Crippen LogP contribution < -0.4 is 33.2 Å². The lowest BCUT2D eigenvalue weighted by Crippen LogP contribution is -2.45. The van der Waals surface area contributed by atoms with E-state index in [0.29, 0.717) is 17.3 Å². The van der Waals surface area contributed by atoms with Crippen molar-refractivity contribution < 1.29 is 29.1 Å². The maximum Gasteiger partial charge on any atom is 0.303 e. The first-order valence-electron chi connectivity index (χ1n) is 11.3. The van der Waals surface area contributed by atoms with Crippen LogP contribution in [0.3, 0.4) is 0 Å². The molecule has 0 fully saturated rings. The molecule has 1 heterocycles. The molecule has 0 aliphatic carbocycles. The summed E-state index contributed by atoms with van der Waals surface area (Å²) in [7, 11) is 0. The maximum atomic E-state index is 13.2. The van der Waals surface area contributed by atoms with Gasteiger partial charge in [0.15, 0.2) is 5.96 Å². The predicted molar refractivity (Wildman–Crippen MR) is 135 cm³/mol. The summed E-state index contributed by atoms with van der Waals surface area (Å²) < 4.78 is 0. The Hall–Kier alpha value is -4.75. The second-order valence-corrected chi connectivity index (χ2v) is 8.12. The topological polar surface area (TPSA) is 245 Å². The lowest BCUT2D eigenvalue weighted by atomic mass is 10.1. The predicted octanol–water partition coefficient (Wildman–Crippen LogP) is -0.820. The van der Waals surface area contributed by atoms with E-state index >= 15 is 0 Å². The fourth-order valence-corrected chi connectivity index (χ4v) is 3.47. The van der Waals surface area contributed by atoms with Gasteiger partial charge in [0.2, 0.25) is 17.7 Å². The number of benzene rings is 1. The van der Waals surface area contributed by atoms with Gasteiger partial charge in [0.25, 0.3) is 5.91 Å². The Balaban J connectivity index is 2.38. The summed E-state index contributed by atoms with van der Waals surface area (Å²) >= 11 is 0. The van der Waals surface area contributed by atoms with Crippen molar-refractivity contribution in [1.82, 2.24) is 15.6 Å². The molecule has 0 saturated heterocycles. The van der Waals surface area contributed by atoms with E-state index < -0.39 is 48.1 Å². The fourth-order valence-electron chi connectivity index (χ4n) is 3.47. The molecule has 1 aromatic heterocycles. The lowest BCUT2D eigenvalue weighted by Gasteiger charge is -2.20. The van der Waals surface area contributed by atoms with E-state index in [0.717, 1.165) is 0 Å². The van der Waals surface area contributed by atoms with Crippen LogP contribution in [-0.4, -0.2) is 64.3 Å². The fraction of sp³-hybridized carbons (Fsp3) is 0.348. The molecule has 2 rings (SSSR count). The van der Waals surface area contributed by atoms with Crippen molar-refractivity contribution in [1.29, 1.82) is 0 Å². The Labute approximate surface area is 212 Å². The molecule has 198 valence electrons. The zero-order valence-electron chi connectivity index (χ0n) is 20.2. The van der Waals surface area contributed by atoms with Crippen LogP contribution in [0, 0.1) is 0 Å². The number of nitrogens with one attached hydrogen (secondary N) is 3. The first-order chi connectivity index (χ1) is 17.5. The van der Waals surface area contributed by atoms with Gasteiger partial charge in [0.1, 0.15) is 12.1 Å². The molecule has 14 heteroatoms. The number of rotatable bonds is 13. The molecule has 0 radical (unpaired) electrons. The van der Waals surface area contributed by atoms with E-state index in [1.807, 2.05) is 0 Å². The summed E-state index contributed by atoms with van der Waals surface area (Å²) in [5.41, 5.74) is 16.4. The number of carboxylic acids is 1. The van der Waals surface area contributed by atoms with E-state index in [4.69, 9.17) is 22.3 Å². The van der Waals surface area contributed by atoms with Crippen LogP contribution in [0.5, 0.6) is 0 Å². The highest BCUT2D eigenvalue weighted by atomic mass is 16.4. The summed E-state index contributed by atoms with van der Waals surface area (Å²) in [4.78, 5) is 68.8. The van der Waals surface area contributed by atoms with Crippen molar-refractivity contribution in [3.05, 3.63) is 36.0 Å². The average molecular weight is 515 g/mol. The van der Waals surface area contributed by atoms with Crippen molar-refractivity contribution in [2.75, 3.05) is 11.9 Å². The van der Waals surface area contributed by atoms with Gasteiger partial charge in [0.05, 0.1) is 16.8 Å². The number of amides is 4. The minimum atomic E-state index is -1.26. The van der Waals surface area contributed by atoms with E-state index in [9.17, 15) is 24.0 Å². The summed E-state index contributed by atoms with van der Waals surface area (Å²) in [5.74, 6) is -4.03. The van der Waals surface area contributed by atoms with Crippen molar-refractivity contribution in [3.8, 4) is 0 Å². The minimum absolute atomic E-state index is 0.0873. The van der Waals surface area contributed by atoms with Crippen molar-refractivity contribution in [3.63, 3.8) is 0 Å². The number of carboxylic acid groups (broad SMARTS) is 1. The van der Waals surface area contributed by atoms with Crippen LogP contribution in [-0.2, 0) is 19.2 Å². The van der Waals surface area contributed by atoms with Crippen molar-refractivity contribution in [2.45, 2.75) is 44.7 Å². The van der Waals surface area contributed by atoms with E-state index in [2.05, 4.69) is 25.9 Å². The molecule has 0 aliphatic heterocycles. The number of primary amides is 1. The van der Waals surface area contributed by atoms with Gasteiger partial charge in [-0.2, -0.15) is 0 Å². The van der Waals surface area contributed by atoms with Crippen LogP contribution in [0.25, 0.3) is 10.9 Å².